The van der Waals surface area contributed by atoms with Gasteiger partial charge in [0, 0.05) is 30.9 Å². The number of esters is 4. The lowest BCUT2D eigenvalue weighted by Gasteiger charge is -2.25. The zero-order valence-electron chi connectivity index (χ0n) is 14.7. The Balaban J connectivity index is 2.16. The molecule has 0 aromatic rings. The van der Waals surface area contributed by atoms with Crippen molar-refractivity contribution in [1.82, 2.24) is 4.90 Å². The molecular weight excluding hydrogens is 346 g/mol. The number of hydrogen-bond acceptors (Lipinski definition) is 9. The number of carbonyl (C=O) groups is 4. The summed E-state index contributed by atoms with van der Waals surface area (Å²) in [6.45, 7) is 7.21. The van der Waals surface area contributed by atoms with Crippen LogP contribution in [0.3, 0.4) is 0 Å². The molecule has 0 bridgehead atoms. The highest BCUT2D eigenvalue weighted by Crippen LogP contribution is 2.04. The van der Waals surface area contributed by atoms with Gasteiger partial charge >= 0.3 is 23.9 Å². The maximum absolute atomic E-state index is 11.8. The van der Waals surface area contributed by atoms with Crippen LogP contribution in [0.4, 0.5) is 0 Å². The van der Waals surface area contributed by atoms with Crippen molar-refractivity contribution in [3.63, 3.8) is 0 Å². The van der Waals surface area contributed by atoms with Crippen molar-refractivity contribution in [3.8, 4) is 0 Å². The number of hydrogen-bond donors (Lipinski definition) is 0. The van der Waals surface area contributed by atoms with Crippen LogP contribution in [0.15, 0.2) is 24.4 Å². The summed E-state index contributed by atoms with van der Waals surface area (Å²) in [5.74, 6) is -2.89. The van der Waals surface area contributed by atoms with E-state index in [2.05, 4.69) is 11.3 Å². The van der Waals surface area contributed by atoms with Gasteiger partial charge in [0.1, 0.15) is 13.2 Å². The van der Waals surface area contributed by atoms with Crippen molar-refractivity contribution in [2.75, 3.05) is 39.5 Å². The van der Waals surface area contributed by atoms with E-state index in [-0.39, 0.29) is 26.1 Å². The highest BCUT2D eigenvalue weighted by molar-refractivity contribution is 5.92. The molecule has 26 heavy (non-hydrogen) atoms. The van der Waals surface area contributed by atoms with E-state index in [9.17, 15) is 19.2 Å². The van der Waals surface area contributed by atoms with Crippen molar-refractivity contribution >= 4 is 23.9 Å². The second-order valence-corrected chi connectivity index (χ2v) is 5.31. The third kappa shape index (κ3) is 8.97. The maximum Gasteiger partial charge on any atom is 0.337 e. The first-order chi connectivity index (χ1) is 12.4. The van der Waals surface area contributed by atoms with Gasteiger partial charge < -0.3 is 23.8 Å². The van der Waals surface area contributed by atoms with Gasteiger partial charge in [0.15, 0.2) is 0 Å². The second kappa shape index (κ2) is 11.8. The predicted octanol–water partition coefficient (Wildman–Crippen LogP) is 0.345. The minimum Gasteiger partial charge on any atom is -0.462 e. The summed E-state index contributed by atoms with van der Waals surface area (Å²) < 4.78 is 19.3. The lowest BCUT2D eigenvalue weighted by atomic mass is 10.3. The van der Waals surface area contributed by atoms with E-state index in [4.69, 9.17) is 14.2 Å². The average molecular weight is 369 g/mol. The third-order valence-electron chi connectivity index (χ3n) is 3.24. The zero-order valence-corrected chi connectivity index (χ0v) is 14.7. The highest BCUT2D eigenvalue weighted by Gasteiger charge is 2.13. The van der Waals surface area contributed by atoms with E-state index in [0.717, 1.165) is 6.08 Å². The summed E-state index contributed by atoms with van der Waals surface area (Å²) in [7, 11) is 0. The molecule has 0 saturated carbocycles. The minimum atomic E-state index is -0.879. The van der Waals surface area contributed by atoms with Gasteiger partial charge in [0.2, 0.25) is 0 Å². The van der Waals surface area contributed by atoms with Crippen molar-refractivity contribution < 1.29 is 38.1 Å². The first-order valence-electron chi connectivity index (χ1n) is 8.12. The Labute approximate surface area is 151 Å². The number of rotatable bonds is 9. The first kappa shape index (κ1) is 21.4. The Bertz CT molecular complexity index is 563. The van der Waals surface area contributed by atoms with Crippen LogP contribution in [0.5, 0.6) is 0 Å². The summed E-state index contributed by atoms with van der Waals surface area (Å²) in [6, 6.07) is 0. The van der Waals surface area contributed by atoms with Crippen LogP contribution in [-0.2, 0) is 38.1 Å². The number of ether oxygens (including phenoxy) is 4. The average Bonchev–Trinajstić information content (AvgIpc) is 2.64. The predicted molar refractivity (Wildman–Crippen MR) is 88.6 cm³/mol. The SMILES string of the molecule is C=CC(=O)OC(=O)CCC(=O)OCCOC(=O)C(C)=CN1CCOCC1. The van der Waals surface area contributed by atoms with Gasteiger partial charge in [-0.3, -0.25) is 9.59 Å². The van der Waals surface area contributed by atoms with Crippen molar-refractivity contribution in [1.29, 1.82) is 0 Å². The van der Waals surface area contributed by atoms with Crippen LogP contribution in [0.2, 0.25) is 0 Å². The summed E-state index contributed by atoms with van der Waals surface area (Å²) in [5.41, 5.74) is 0.438. The van der Waals surface area contributed by atoms with Gasteiger partial charge in [-0.05, 0) is 6.92 Å². The monoisotopic (exact) mass is 369 g/mol. The molecule has 9 nitrogen and oxygen atoms in total. The van der Waals surface area contributed by atoms with Crippen LogP contribution in [0.1, 0.15) is 19.8 Å². The smallest absolute Gasteiger partial charge is 0.337 e. The molecule has 0 aromatic carbocycles. The van der Waals surface area contributed by atoms with Gasteiger partial charge in [-0.25, -0.2) is 9.59 Å². The molecule has 0 atom stereocenters. The number of carbonyl (C=O) groups excluding carboxylic acids is 4. The molecule has 0 N–H and O–H groups in total. The van der Waals surface area contributed by atoms with Crippen LogP contribution in [0.25, 0.3) is 0 Å². The molecule has 1 aliphatic heterocycles. The Hall–Kier alpha value is -2.68. The van der Waals surface area contributed by atoms with Gasteiger partial charge in [0.25, 0.3) is 0 Å². The molecule has 1 fully saturated rings. The van der Waals surface area contributed by atoms with E-state index in [0.29, 0.717) is 31.9 Å². The van der Waals surface area contributed by atoms with E-state index in [1.165, 1.54) is 0 Å². The molecule has 144 valence electrons. The summed E-state index contributed by atoms with van der Waals surface area (Å²) in [6.07, 6.45) is 2.03. The fourth-order valence-corrected chi connectivity index (χ4v) is 1.92. The summed E-state index contributed by atoms with van der Waals surface area (Å²) in [4.78, 5) is 47.2. The first-order valence-corrected chi connectivity index (χ1v) is 8.12. The Morgan fingerprint density at radius 2 is 1.65 bits per heavy atom. The van der Waals surface area contributed by atoms with E-state index < -0.39 is 23.9 Å². The van der Waals surface area contributed by atoms with Gasteiger partial charge in [-0.15, -0.1) is 0 Å². The maximum atomic E-state index is 11.8. The van der Waals surface area contributed by atoms with Crippen molar-refractivity contribution in [2.45, 2.75) is 19.8 Å². The lowest BCUT2D eigenvalue weighted by Crippen LogP contribution is -2.32. The highest BCUT2D eigenvalue weighted by atomic mass is 16.6. The van der Waals surface area contributed by atoms with Crippen molar-refractivity contribution in [3.05, 3.63) is 24.4 Å². The molecule has 9 heteroatoms. The summed E-state index contributed by atoms with van der Waals surface area (Å²) in [5, 5.41) is 0. The topological polar surface area (TPSA) is 108 Å². The number of nitrogens with zero attached hydrogens (tertiary/aromatic N) is 1. The molecule has 1 heterocycles. The van der Waals surface area contributed by atoms with Crippen LogP contribution >= 0.6 is 0 Å². The molecule has 0 radical (unpaired) electrons. The minimum absolute atomic E-state index is 0.0989. The molecular formula is C17H23NO8. The standard InChI is InChI=1S/C17H23NO8/c1-3-14(19)26-16(21)5-4-15(20)24-10-11-25-17(22)13(2)12-18-6-8-23-9-7-18/h3,12H,1,4-11H2,2H3. The lowest BCUT2D eigenvalue weighted by molar-refractivity contribution is -0.158. The van der Waals surface area contributed by atoms with Gasteiger partial charge in [-0.1, -0.05) is 6.58 Å². The molecule has 0 spiro atoms. The molecule has 1 aliphatic rings. The number of morpholine rings is 1. The zero-order chi connectivity index (χ0) is 19.4. The van der Waals surface area contributed by atoms with E-state index in [1.54, 1.807) is 13.1 Å². The largest absolute Gasteiger partial charge is 0.462 e. The Kier molecular flexibility index (Phi) is 9.70. The van der Waals surface area contributed by atoms with Crippen LogP contribution in [-0.4, -0.2) is 68.3 Å². The van der Waals surface area contributed by atoms with Crippen LogP contribution in [0, 0.1) is 0 Å². The molecule has 0 unspecified atom stereocenters. The molecule has 1 saturated heterocycles. The molecule has 0 aromatic heterocycles. The van der Waals surface area contributed by atoms with E-state index >= 15 is 0 Å². The quantitative estimate of drug-likeness (QED) is 0.187. The van der Waals surface area contributed by atoms with Crippen molar-refractivity contribution in [2.24, 2.45) is 0 Å². The Morgan fingerprint density at radius 1 is 1.04 bits per heavy atom. The third-order valence-corrected chi connectivity index (χ3v) is 3.24. The molecule has 1 rings (SSSR count). The molecule has 0 aliphatic carbocycles. The normalized spacial score (nSPS) is 14.3. The van der Waals surface area contributed by atoms with Gasteiger partial charge in [-0.2, -0.15) is 0 Å². The summed E-state index contributed by atoms with van der Waals surface area (Å²) >= 11 is 0. The molecule has 0 amide bonds. The van der Waals surface area contributed by atoms with E-state index in [1.807, 2.05) is 4.90 Å². The Morgan fingerprint density at radius 3 is 2.31 bits per heavy atom. The van der Waals surface area contributed by atoms with Gasteiger partial charge in [0.05, 0.1) is 26.1 Å². The second-order valence-electron chi connectivity index (χ2n) is 5.31. The fourth-order valence-electron chi connectivity index (χ4n) is 1.92. The van der Waals surface area contributed by atoms with Crippen LogP contribution < -0.4 is 0 Å². The fraction of sp³-hybridized carbons (Fsp3) is 0.529.